The van der Waals surface area contributed by atoms with Crippen molar-refractivity contribution in [1.29, 1.82) is 0 Å². The summed E-state index contributed by atoms with van der Waals surface area (Å²) in [5.41, 5.74) is 0.363. The van der Waals surface area contributed by atoms with Crippen LogP contribution in [0.3, 0.4) is 0 Å². The van der Waals surface area contributed by atoms with E-state index in [2.05, 4.69) is 4.98 Å². The Labute approximate surface area is 122 Å². The molecule has 114 valence electrons. The number of carboxylic acids is 1. The number of carboxylic acid groups (broad SMARTS) is 1. The fourth-order valence-electron chi connectivity index (χ4n) is 2.60. The Balaban J connectivity index is 2.24. The molecule has 2 aromatic heterocycles. The SMILES string of the molecule is Cn1c(C(=O)O)ccc1-c1c[nH]c2c(C(F)(F)F)cccc12. The molecule has 2 heterocycles. The molecule has 3 rings (SSSR count). The number of aromatic nitrogens is 2. The molecule has 4 nitrogen and oxygen atoms in total. The average molecular weight is 308 g/mol. The molecule has 0 aliphatic heterocycles. The third-order valence-corrected chi connectivity index (χ3v) is 3.64. The summed E-state index contributed by atoms with van der Waals surface area (Å²) in [7, 11) is 1.56. The molecule has 0 saturated heterocycles. The van der Waals surface area contributed by atoms with Gasteiger partial charge in [-0.2, -0.15) is 13.2 Å². The Morgan fingerprint density at radius 2 is 1.95 bits per heavy atom. The molecule has 2 N–H and O–H groups in total. The molecule has 0 radical (unpaired) electrons. The minimum Gasteiger partial charge on any atom is -0.477 e. The largest absolute Gasteiger partial charge is 0.477 e. The zero-order chi connectivity index (χ0) is 16.1. The molecular formula is C15H11F3N2O2. The van der Waals surface area contributed by atoms with E-state index in [4.69, 9.17) is 5.11 Å². The fraction of sp³-hybridized carbons (Fsp3) is 0.133. The van der Waals surface area contributed by atoms with Crippen molar-refractivity contribution in [2.75, 3.05) is 0 Å². The molecule has 3 aromatic rings. The van der Waals surface area contributed by atoms with Crippen LogP contribution >= 0.6 is 0 Å². The van der Waals surface area contributed by atoms with E-state index in [0.717, 1.165) is 6.07 Å². The van der Waals surface area contributed by atoms with Gasteiger partial charge in [0.1, 0.15) is 5.69 Å². The number of aromatic carboxylic acids is 1. The maximum absolute atomic E-state index is 13.0. The molecule has 0 fully saturated rings. The van der Waals surface area contributed by atoms with Crippen LogP contribution in [0.4, 0.5) is 13.2 Å². The smallest absolute Gasteiger partial charge is 0.418 e. The van der Waals surface area contributed by atoms with Gasteiger partial charge >= 0.3 is 12.1 Å². The fourth-order valence-corrected chi connectivity index (χ4v) is 2.60. The second kappa shape index (κ2) is 4.66. The van der Waals surface area contributed by atoms with E-state index in [0.29, 0.717) is 16.6 Å². The lowest BCUT2D eigenvalue weighted by molar-refractivity contribution is -0.136. The highest BCUT2D eigenvalue weighted by atomic mass is 19.4. The first-order valence-electron chi connectivity index (χ1n) is 6.37. The van der Waals surface area contributed by atoms with Crippen molar-refractivity contribution in [3.63, 3.8) is 0 Å². The van der Waals surface area contributed by atoms with Crippen LogP contribution in [-0.2, 0) is 13.2 Å². The van der Waals surface area contributed by atoms with E-state index in [1.807, 2.05) is 0 Å². The number of aromatic amines is 1. The van der Waals surface area contributed by atoms with Gasteiger partial charge in [-0.3, -0.25) is 0 Å². The summed E-state index contributed by atoms with van der Waals surface area (Å²) in [6.07, 6.45) is -3.00. The van der Waals surface area contributed by atoms with Crippen LogP contribution in [0.1, 0.15) is 16.1 Å². The Morgan fingerprint density at radius 3 is 2.55 bits per heavy atom. The van der Waals surface area contributed by atoms with Gasteiger partial charge in [0.2, 0.25) is 0 Å². The Bertz CT molecular complexity index is 875. The van der Waals surface area contributed by atoms with Crippen LogP contribution < -0.4 is 0 Å². The standard InChI is InChI=1S/C15H11F3N2O2/c1-20-11(5-6-12(20)14(21)22)9-7-19-13-8(9)3-2-4-10(13)15(16,17)18/h2-7,19H,1H3,(H,21,22). The number of nitrogens with zero attached hydrogens (tertiary/aromatic N) is 1. The molecule has 0 saturated carbocycles. The summed E-state index contributed by atoms with van der Waals surface area (Å²) in [6, 6.07) is 6.92. The quantitative estimate of drug-likeness (QED) is 0.754. The predicted octanol–water partition coefficient (Wildman–Crippen LogP) is 3.89. The Hall–Kier alpha value is -2.70. The Morgan fingerprint density at radius 1 is 1.23 bits per heavy atom. The number of carbonyl (C=O) groups is 1. The second-order valence-corrected chi connectivity index (χ2v) is 4.90. The first-order chi connectivity index (χ1) is 10.3. The van der Waals surface area contributed by atoms with Crippen molar-refractivity contribution in [3.8, 4) is 11.3 Å². The number of alkyl halides is 3. The second-order valence-electron chi connectivity index (χ2n) is 4.90. The molecule has 0 unspecified atom stereocenters. The van der Waals surface area contributed by atoms with E-state index < -0.39 is 17.7 Å². The molecule has 0 aliphatic rings. The molecule has 1 aromatic carbocycles. The zero-order valence-electron chi connectivity index (χ0n) is 11.4. The third kappa shape index (κ3) is 2.05. The van der Waals surface area contributed by atoms with Gasteiger partial charge in [0.25, 0.3) is 0 Å². The number of H-pyrrole nitrogens is 1. The normalized spacial score (nSPS) is 12.0. The number of halogens is 3. The maximum Gasteiger partial charge on any atom is 0.418 e. The van der Waals surface area contributed by atoms with Crippen LogP contribution in [0, 0.1) is 0 Å². The molecule has 0 atom stereocenters. The van der Waals surface area contributed by atoms with Crippen LogP contribution in [0.25, 0.3) is 22.2 Å². The van der Waals surface area contributed by atoms with Crippen LogP contribution in [0.5, 0.6) is 0 Å². The van der Waals surface area contributed by atoms with Gasteiger partial charge in [-0.25, -0.2) is 4.79 Å². The zero-order valence-corrected chi connectivity index (χ0v) is 11.4. The van der Waals surface area contributed by atoms with Gasteiger partial charge in [-0.05, 0) is 18.2 Å². The highest BCUT2D eigenvalue weighted by molar-refractivity contribution is 5.98. The summed E-state index contributed by atoms with van der Waals surface area (Å²) in [6.45, 7) is 0. The molecule has 0 bridgehead atoms. The van der Waals surface area contributed by atoms with Gasteiger partial charge in [-0.15, -0.1) is 0 Å². The van der Waals surface area contributed by atoms with Crippen molar-refractivity contribution < 1.29 is 23.1 Å². The number of hydrogen-bond donors (Lipinski definition) is 2. The van der Waals surface area contributed by atoms with E-state index in [-0.39, 0.29) is 11.2 Å². The molecule has 0 amide bonds. The number of para-hydroxylation sites is 1. The first kappa shape index (κ1) is 14.2. The topological polar surface area (TPSA) is 58.0 Å². The van der Waals surface area contributed by atoms with Crippen molar-refractivity contribution >= 4 is 16.9 Å². The monoisotopic (exact) mass is 308 g/mol. The molecule has 22 heavy (non-hydrogen) atoms. The number of nitrogens with one attached hydrogen (secondary N) is 1. The first-order valence-corrected chi connectivity index (χ1v) is 6.37. The van der Waals surface area contributed by atoms with Crippen LogP contribution in [0.15, 0.2) is 36.5 Å². The molecule has 0 aliphatic carbocycles. The number of hydrogen-bond acceptors (Lipinski definition) is 1. The number of fused-ring (bicyclic) bond motifs is 1. The van der Waals surface area contributed by atoms with Crippen molar-refractivity contribution in [2.24, 2.45) is 7.05 Å². The molecule has 7 heteroatoms. The summed E-state index contributed by atoms with van der Waals surface area (Å²) in [5.74, 6) is -1.09. The minimum atomic E-state index is -4.46. The van der Waals surface area contributed by atoms with Gasteiger partial charge in [-0.1, -0.05) is 12.1 Å². The van der Waals surface area contributed by atoms with Crippen molar-refractivity contribution in [1.82, 2.24) is 9.55 Å². The lowest BCUT2D eigenvalue weighted by Crippen LogP contribution is -2.05. The minimum absolute atomic E-state index is 0.0110. The highest BCUT2D eigenvalue weighted by Gasteiger charge is 2.33. The van der Waals surface area contributed by atoms with Crippen molar-refractivity contribution in [3.05, 3.63) is 47.8 Å². The van der Waals surface area contributed by atoms with Crippen LogP contribution in [-0.4, -0.2) is 20.6 Å². The van der Waals surface area contributed by atoms with Gasteiger partial charge < -0.3 is 14.7 Å². The van der Waals surface area contributed by atoms with Crippen molar-refractivity contribution in [2.45, 2.75) is 6.18 Å². The Kier molecular flexibility index (Phi) is 3.01. The van der Waals surface area contributed by atoms with E-state index in [9.17, 15) is 18.0 Å². The average Bonchev–Trinajstić information content (AvgIpc) is 3.00. The van der Waals surface area contributed by atoms with Gasteiger partial charge in [0, 0.05) is 24.2 Å². The number of benzene rings is 1. The van der Waals surface area contributed by atoms with E-state index in [1.54, 1.807) is 19.2 Å². The predicted molar refractivity (Wildman–Crippen MR) is 74.7 cm³/mol. The van der Waals surface area contributed by atoms with Crippen LogP contribution in [0.2, 0.25) is 0 Å². The number of rotatable bonds is 2. The van der Waals surface area contributed by atoms with E-state index >= 15 is 0 Å². The van der Waals surface area contributed by atoms with E-state index in [1.165, 1.54) is 22.9 Å². The van der Waals surface area contributed by atoms with Gasteiger partial charge in [0.05, 0.1) is 16.8 Å². The highest BCUT2D eigenvalue weighted by Crippen LogP contribution is 2.37. The molecular weight excluding hydrogens is 297 g/mol. The summed E-state index contributed by atoms with van der Waals surface area (Å²) < 4.78 is 40.5. The third-order valence-electron chi connectivity index (χ3n) is 3.64. The summed E-state index contributed by atoms with van der Waals surface area (Å²) in [4.78, 5) is 13.7. The summed E-state index contributed by atoms with van der Waals surface area (Å²) in [5, 5.41) is 9.46. The summed E-state index contributed by atoms with van der Waals surface area (Å²) >= 11 is 0. The lowest BCUT2D eigenvalue weighted by atomic mass is 10.1. The maximum atomic E-state index is 13.0. The van der Waals surface area contributed by atoms with Gasteiger partial charge in [0.15, 0.2) is 0 Å². The molecule has 0 spiro atoms. The lowest BCUT2D eigenvalue weighted by Gasteiger charge is -2.08.